The van der Waals surface area contributed by atoms with Crippen molar-refractivity contribution in [3.05, 3.63) is 0 Å². The predicted molar refractivity (Wildman–Crippen MR) is 350 cm³/mol. The molecule has 28 N–H and O–H groups in total. The van der Waals surface area contributed by atoms with Crippen LogP contribution in [0, 0.1) is 11.8 Å². The molecular formula is C57H98N19O24P. The van der Waals surface area contributed by atoms with Crippen LogP contribution < -0.4 is 92.9 Å². The first-order valence-electron chi connectivity index (χ1n) is 31.9. The van der Waals surface area contributed by atoms with Crippen LogP contribution in [0.25, 0.3) is 0 Å². The van der Waals surface area contributed by atoms with Crippen LogP contribution in [0.3, 0.4) is 0 Å². The number of aliphatic hydroxyl groups is 1. The number of phosphoric ester groups is 1. The Hall–Kier alpha value is -9.71. The number of rotatable bonds is 46. The highest BCUT2D eigenvalue weighted by Gasteiger charge is 2.42. The summed E-state index contributed by atoms with van der Waals surface area (Å²) in [5, 5.41) is 53.6. The second-order valence-corrected chi connectivity index (χ2v) is 25.8. The SMILES string of the molecule is CC(C)C[C@H](NC(=O)[C@@H](NC(=O)[C@H](CCC(=O)O)NC(=O)[C@H](C)NC(=O)[C@H](CC(N)=O)NC(=O)[C@H](CCC(=O)O)NC(=O)[C@H](C)N)[C@@H](C)OP(=O)(O)O)C(=O)N[C@@H](CCCN=C(N)N)C(=O)N[C@H](C(=O)N[C@@H](C)C(=O)N1CCC[C@H]1C(=O)N[C@@H](CCC(N)=O)C(=O)N[C@@H](CO)C(N)=O)C(C)C. The number of aliphatic hydroxyl groups excluding tert-OH is 1. The Kier molecular flexibility index (Phi) is 38.1. The quantitative estimate of drug-likeness (QED) is 0.0116. The molecule has 0 aromatic carbocycles. The van der Waals surface area contributed by atoms with Gasteiger partial charge in [-0.1, -0.05) is 27.7 Å². The van der Waals surface area contributed by atoms with Crippen molar-refractivity contribution < 1.29 is 116 Å². The lowest BCUT2D eigenvalue weighted by atomic mass is 10.00. The molecule has 0 unspecified atom stereocenters. The number of guanidine groups is 1. The zero-order valence-electron chi connectivity index (χ0n) is 57.1. The van der Waals surface area contributed by atoms with Gasteiger partial charge in [0.2, 0.25) is 88.6 Å². The Morgan fingerprint density at radius 1 is 0.515 bits per heavy atom. The fourth-order valence-electron chi connectivity index (χ4n) is 9.68. The summed E-state index contributed by atoms with van der Waals surface area (Å²) >= 11 is 0. The lowest BCUT2D eigenvalue weighted by Crippen LogP contribution is -2.62. The number of nitrogens with zero attached hydrogens (tertiary/aromatic N) is 2. The summed E-state index contributed by atoms with van der Waals surface area (Å²) in [4.78, 5) is 249. The van der Waals surface area contributed by atoms with Crippen molar-refractivity contribution >= 4 is 114 Å². The number of primary amides is 3. The third kappa shape index (κ3) is 33.3. The molecule has 14 atom stereocenters. The minimum absolute atomic E-state index is 0.0108. The number of hydrogen-bond acceptors (Lipinski definition) is 22. The van der Waals surface area contributed by atoms with Gasteiger partial charge in [0.15, 0.2) is 5.96 Å². The number of likely N-dealkylation sites (tertiary alicyclic amines) is 1. The number of carboxylic acid groups (broad SMARTS) is 2. The van der Waals surface area contributed by atoms with E-state index in [-0.39, 0.29) is 57.6 Å². The molecule has 1 saturated heterocycles. The van der Waals surface area contributed by atoms with Gasteiger partial charge < -0.3 is 123 Å². The highest BCUT2D eigenvalue weighted by molar-refractivity contribution is 7.46. The number of aliphatic carboxylic acids is 2. The van der Waals surface area contributed by atoms with Gasteiger partial charge in [-0.25, -0.2) is 4.57 Å². The number of amides is 15. The Labute approximate surface area is 579 Å². The number of hydrogen-bond donors (Lipinski definition) is 22. The van der Waals surface area contributed by atoms with Gasteiger partial charge in [-0.3, -0.25) is 91.0 Å². The Morgan fingerprint density at radius 2 is 0.950 bits per heavy atom. The van der Waals surface area contributed by atoms with Gasteiger partial charge in [0, 0.05) is 32.4 Å². The molecular weight excluding hydrogens is 1370 g/mol. The topological polar surface area (TPSA) is 722 Å². The summed E-state index contributed by atoms with van der Waals surface area (Å²) in [6.45, 7) is 9.63. The predicted octanol–water partition coefficient (Wildman–Crippen LogP) is -9.70. The Balaban J connectivity index is 3.63. The van der Waals surface area contributed by atoms with Gasteiger partial charge in [0.05, 0.1) is 25.2 Å². The van der Waals surface area contributed by atoms with Gasteiger partial charge in [0.25, 0.3) is 0 Å². The summed E-state index contributed by atoms with van der Waals surface area (Å²) in [5.74, 6) is -20.9. The molecule has 0 saturated carbocycles. The van der Waals surface area contributed by atoms with E-state index in [4.69, 9.17) is 38.9 Å². The maximum Gasteiger partial charge on any atom is 0.469 e. The molecule has 1 fully saturated rings. The molecule has 44 heteroatoms. The number of aliphatic imine (C=N–C) groups is 1. The molecule has 0 bridgehead atoms. The maximum atomic E-state index is 14.5. The first kappa shape index (κ1) is 89.3. The molecule has 0 aromatic heterocycles. The van der Waals surface area contributed by atoms with Gasteiger partial charge in [0.1, 0.15) is 72.5 Å². The van der Waals surface area contributed by atoms with E-state index in [1.807, 2.05) is 0 Å². The third-order valence-corrected chi connectivity index (χ3v) is 15.6. The van der Waals surface area contributed by atoms with E-state index in [0.29, 0.717) is 0 Å². The minimum Gasteiger partial charge on any atom is -0.481 e. The highest BCUT2D eigenvalue weighted by atomic mass is 31.2. The monoisotopic (exact) mass is 1460 g/mol. The van der Waals surface area contributed by atoms with Crippen LogP contribution in [-0.2, 0) is 90.6 Å². The molecule has 15 amide bonds. The second kappa shape index (κ2) is 43.1. The van der Waals surface area contributed by atoms with E-state index < -0.39 is 250 Å². The van der Waals surface area contributed by atoms with Gasteiger partial charge in [-0.05, 0) is 90.9 Å². The normalized spacial score (nSPS) is 16.7. The largest absolute Gasteiger partial charge is 0.481 e. The molecule has 570 valence electrons. The highest BCUT2D eigenvalue weighted by Crippen LogP contribution is 2.38. The number of phosphoric acid groups is 1. The van der Waals surface area contributed by atoms with Gasteiger partial charge in [-0.15, -0.1) is 0 Å². The number of carbonyl (C=O) groups excluding carboxylic acids is 15. The average Bonchev–Trinajstić information content (AvgIpc) is 1.78. The molecule has 0 radical (unpaired) electrons. The van der Waals surface area contributed by atoms with E-state index in [2.05, 4.69) is 63.5 Å². The number of nitrogens with two attached hydrogens (primary N) is 6. The lowest BCUT2D eigenvalue weighted by molar-refractivity contribution is -0.142. The van der Waals surface area contributed by atoms with Crippen LogP contribution in [0.5, 0.6) is 0 Å². The summed E-state index contributed by atoms with van der Waals surface area (Å²) < 4.78 is 17.0. The smallest absolute Gasteiger partial charge is 0.469 e. The zero-order valence-corrected chi connectivity index (χ0v) is 58.0. The van der Waals surface area contributed by atoms with Gasteiger partial charge >= 0.3 is 19.8 Å². The standard InChI is InChI=1S/C57H98N19O24P/c1-24(2)21-34(72-55(95)43(29(8)100-101(97,98)99)75-50(90)33(15-18-41(82)83)68-46(86)27(6)65-51(91)35(22-39(60)79)71-47(87)32(14-17-40(80)81)67-45(85)26(5)58)52(92)69-30(11-9-19-64-57(62)63)49(89)74-42(25(3)4)54(94)66-28(7)56(96)76-20-10-12-37(76)53(93)70-31(13-16-38(59)78)48(88)73-36(23-77)44(61)84/h24-37,42-43,77H,9-23,58H2,1-8H3,(H2,59,78)(H2,60,79)(H2,61,84)(H,65,91)(H,66,94)(H,67,85)(H,68,86)(H,69,92)(H,70,93)(H,71,87)(H,72,95)(H,73,88)(H,74,89)(H,75,90)(H,80,81)(H,82,83)(H4,62,63,64)(H2,97,98,99)/t26-,27-,28-,29+,30-,31-,32-,33-,34-,35-,36-,37-,42-,43-/m0/s1. The summed E-state index contributed by atoms with van der Waals surface area (Å²) in [5.41, 5.74) is 32.4. The van der Waals surface area contributed by atoms with Crippen LogP contribution in [0.1, 0.15) is 132 Å². The van der Waals surface area contributed by atoms with Crippen LogP contribution in [-0.4, -0.2) is 241 Å². The van der Waals surface area contributed by atoms with Crippen LogP contribution in [0.15, 0.2) is 4.99 Å². The Bertz CT molecular complexity index is 3070. The molecule has 101 heavy (non-hydrogen) atoms. The molecule has 1 aliphatic rings. The zero-order chi connectivity index (χ0) is 77.5. The number of carbonyl (C=O) groups is 17. The molecule has 0 aliphatic carbocycles. The van der Waals surface area contributed by atoms with Crippen LogP contribution in [0.2, 0.25) is 0 Å². The fraction of sp³-hybridized carbons (Fsp3) is 0.684. The number of nitrogens with one attached hydrogen (secondary N) is 11. The van der Waals surface area contributed by atoms with Crippen molar-refractivity contribution in [2.75, 3.05) is 19.7 Å². The lowest BCUT2D eigenvalue weighted by Gasteiger charge is -2.31. The summed E-state index contributed by atoms with van der Waals surface area (Å²) in [6, 6.07) is -21.2. The fourth-order valence-corrected chi connectivity index (χ4v) is 10.2. The van der Waals surface area contributed by atoms with Crippen LogP contribution in [0.4, 0.5) is 0 Å². The van der Waals surface area contributed by atoms with Gasteiger partial charge in [-0.2, -0.15) is 0 Å². The summed E-state index contributed by atoms with van der Waals surface area (Å²) in [6.07, 6.45) is -6.85. The Morgan fingerprint density at radius 3 is 1.43 bits per heavy atom. The maximum absolute atomic E-state index is 14.5. The first-order chi connectivity index (χ1) is 46.8. The van der Waals surface area contributed by atoms with Crippen molar-refractivity contribution in [1.82, 2.24) is 63.4 Å². The molecule has 1 rings (SSSR count). The van der Waals surface area contributed by atoms with Crippen molar-refractivity contribution in [3.8, 4) is 0 Å². The molecule has 43 nitrogen and oxygen atoms in total. The molecule has 1 aliphatic heterocycles. The van der Waals surface area contributed by atoms with Crippen molar-refractivity contribution in [2.24, 2.45) is 51.2 Å². The van der Waals surface area contributed by atoms with Crippen molar-refractivity contribution in [1.29, 1.82) is 0 Å². The van der Waals surface area contributed by atoms with E-state index in [1.165, 1.54) is 27.7 Å². The van der Waals surface area contributed by atoms with Crippen molar-refractivity contribution in [3.63, 3.8) is 0 Å². The second-order valence-electron chi connectivity index (χ2n) is 24.6. The van der Waals surface area contributed by atoms with Crippen LogP contribution >= 0.6 is 7.82 Å². The summed E-state index contributed by atoms with van der Waals surface area (Å²) in [7, 11) is -5.57. The van der Waals surface area contributed by atoms with E-state index >= 15 is 0 Å². The van der Waals surface area contributed by atoms with E-state index in [9.17, 15) is 111 Å². The number of carboxylic acids is 2. The van der Waals surface area contributed by atoms with E-state index in [0.717, 1.165) is 18.7 Å². The molecule has 0 spiro atoms. The third-order valence-electron chi connectivity index (χ3n) is 15.0. The average molecular weight is 1460 g/mol. The van der Waals surface area contributed by atoms with E-state index in [1.54, 1.807) is 13.8 Å². The molecule has 0 aromatic rings. The van der Waals surface area contributed by atoms with Crippen molar-refractivity contribution in [2.45, 2.75) is 217 Å². The molecule has 1 heterocycles. The minimum atomic E-state index is -5.57. The first-order valence-corrected chi connectivity index (χ1v) is 33.4.